The van der Waals surface area contributed by atoms with Crippen molar-refractivity contribution in [3.05, 3.63) is 51.6 Å². The predicted octanol–water partition coefficient (Wildman–Crippen LogP) is 3.25. The third-order valence-corrected chi connectivity index (χ3v) is 2.74. The Kier molecular flexibility index (Phi) is 6.69. The number of benzene rings is 1. The standard InChI is InChI=1S/C11H8BrClFN3.CH4O/c12-8-3-1-2-7(4-8)5-15-10-9(14)6-16-11(13)17-10;1-2/h1-4,6H,5H2,(H,15,16,17);2H,1H3. The maximum atomic E-state index is 13.3. The molecule has 1 aromatic carbocycles. The summed E-state index contributed by atoms with van der Waals surface area (Å²) in [5.74, 6) is -0.422. The van der Waals surface area contributed by atoms with Crippen LogP contribution < -0.4 is 5.32 Å². The molecule has 4 nitrogen and oxygen atoms in total. The minimum atomic E-state index is -0.524. The van der Waals surface area contributed by atoms with Gasteiger partial charge in [-0.25, -0.2) is 9.37 Å². The Hall–Kier alpha value is -1.24. The summed E-state index contributed by atoms with van der Waals surface area (Å²) in [6.45, 7) is 0.462. The van der Waals surface area contributed by atoms with Gasteiger partial charge in [0.1, 0.15) is 0 Å². The molecule has 0 atom stereocenters. The molecule has 0 radical (unpaired) electrons. The van der Waals surface area contributed by atoms with Gasteiger partial charge in [0, 0.05) is 18.1 Å². The van der Waals surface area contributed by atoms with Crippen molar-refractivity contribution >= 4 is 33.3 Å². The highest BCUT2D eigenvalue weighted by atomic mass is 79.9. The second kappa shape index (κ2) is 8.04. The van der Waals surface area contributed by atoms with Crippen LogP contribution in [0.3, 0.4) is 0 Å². The number of halogens is 3. The van der Waals surface area contributed by atoms with Gasteiger partial charge in [0.2, 0.25) is 5.28 Å². The molecule has 0 saturated heterocycles. The summed E-state index contributed by atoms with van der Waals surface area (Å²) in [5.41, 5.74) is 1.01. The number of aliphatic hydroxyl groups excluding tert-OH is 1. The van der Waals surface area contributed by atoms with Crippen LogP contribution in [-0.2, 0) is 6.54 Å². The Morgan fingerprint density at radius 3 is 2.84 bits per heavy atom. The van der Waals surface area contributed by atoms with Gasteiger partial charge in [-0.1, -0.05) is 28.1 Å². The quantitative estimate of drug-likeness (QED) is 0.836. The average Bonchev–Trinajstić information content (AvgIpc) is 2.42. The summed E-state index contributed by atoms with van der Waals surface area (Å²) < 4.78 is 14.3. The van der Waals surface area contributed by atoms with Gasteiger partial charge in [-0.3, -0.25) is 0 Å². The van der Waals surface area contributed by atoms with Gasteiger partial charge in [0.05, 0.1) is 6.20 Å². The van der Waals surface area contributed by atoms with E-state index in [2.05, 4.69) is 31.2 Å². The van der Waals surface area contributed by atoms with E-state index in [1.807, 2.05) is 24.3 Å². The molecule has 0 bridgehead atoms. The van der Waals surface area contributed by atoms with Crippen molar-refractivity contribution in [2.75, 3.05) is 12.4 Å². The van der Waals surface area contributed by atoms with Crippen LogP contribution in [0.2, 0.25) is 5.28 Å². The minimum absolute atomic E-state index is 0.0168. The number of aromatic nitrogens is 2. The van der Waals surface area contributed by atoms with Crippen LogP contribution >= 0.6 is 27.5 Å². The topological polar surface area (TPSA) is 58.0 Å². The normalized spacial score (nSPS) is 9.53. The molecule has 102 valence electrons. The fourth-order valence-electron chi connectivity index (χ4n) is 1.30. The number of aliphatic hydroxyl groups is 1. The zero-order valence-corrected chi connectivity index (χ0v) is 12.4. The SMILES string of the molecule is CO.Fc1cnc(Cl)nc1NCc1cccc(Br)c1. The van der Waals surface area contributed by atoms with E-state index in [4.69, 9.17) is 16.7 Å². The Morgan fingerprint density at radius 1 is 1.42 bits per heavy atom. The molecule has 0 aliphatic heterocycles. The van der Waals surface area contributed by atoms with E-state index in [9.17, 15) is 4.39 Å². The minimum Gasteiger partial charge on any atom is -0.400 e. The first-order valence-corrected chi connectivity index (χ1v) is 6.43. The molecule has 1 aromatic heterocycles. The van der Waals surface area contributed by atoms with E-state index < -0.39 is 5.82 Å². The number of nitrogens with one attached hydrogen (secondary N) is 1. The van der Waals surface area contributed by atoms with Crippen molar-refractivity contribution in [2.45, 2.75) is 6.54 Å². The van der Waals surface area contributed by atoms with Gasteiger partial charge in [-0.15, -0.1) is 0 Å². The van der Waals surface area contributed by atoms with E-state index in [1.165, 1.54) is 0 Å². The Morgan fingerprint density at radius 2 is 2.16 bits per heavy atom. The summed E-state index contributed by atoms with van der Waals surface area (Å²) in [6.07, 6.45) is 1.04. The number of rotatable bonds is 3. The summed E-state index contributed by atoms with van der Waals surface area (Å²) in [6, 6.07) is 7.70. The van der Waals surface area contributed by atoms with Crippen LogP contribution in [0.1, 0.15) is 5.56 Å². The lowest BCUT2D eigenvalue weighted by molar-refractivity contribution is 0.399. The zero-order valence-electron chi connectivity index (χ0n) is 10.1. The molecule has 0 unspecified atom stereocenters. The second-order valence-corrected chi connectivity index (χ2v) is 4.57. The Balaban J connectivity index is 0.000000861. The van der Waals surface area contributed by atoms with Crippen LogP contribution in [0.25, 0.3) is 0 Å². The molecular formula is C12H12BrClFN3O. The Bertz CT molecular complexity index is 542. The molecule has 2 N–H and O–H groups in total. The largest absolute Gasteiger partial charge is 0.400 e. The van der Waals surface area contributed by atoms with Gasteiger partial charge in [-0.2, -0.15) is 4.98 Å². The number of hydrogen-bond acceptors (Lipinski definition) is 4. The van der Waals surface area contributed by atoms with Crippen LogP contribution in [0.5, 0.6) is 0 Å². The van der Waals surface area contributed by atoms with Gasteiger partial charge >= 0.3 is 0 Å². The molecule has 7 heteroatoms. The van der Waals surface area contributed by atoms with E-state index in [0.717, 1.165) is 23.3 Å². The third kappa shape index (κ3) is 5.10. The van der Waals surface area contributed by atoms with Crippen molar-refractivity contribution < 1.29 is 9.50 Å². The highest BCUT2D eigenvalue weighted by molar-refractivity contribution is 9.10. The molecule has 0 spiro atoms. The average molecular weight is 349 g/mol. The molecule has 0 fully saturated rings. The highest BCUT2D eigenvalue weighted by Crippen LogP contribution is 2.15. The lowest BCUT2D eigenvalue weighted by atomic mass is 10.2. The summed E-state index contributed by atoms with van der Waals surface area (Å²) >= 11 is 8.95. The monoisotopic (exact) mass is 347 g/mol. The molecule has 2 rings (SSSR count). The second-order valence-electron chi connectivity index (χ2n) is 3.32. The van der Waals surface area contributed by atoms with E-state index in [0.29, 0.717) is 6.54 Å². The summed E-state index contributed by atoms with van der Waals surface area (Å²) in [5, 5.41) is 9.88. The fraction of sp³-hybridized carbons (Fsp3) is 0.167. The van der Waals surface area contributed by atoms with Crippen molar-refractivity contribution in [3.63, 3.8) is 0 Å². The van der Waals surface area contributed by atoms with Crippen LogP contribution in [0.15, 0.2) is 34.9 Å². The van der Waals surface area contributed by atoms with Crippen molar-refractivity contribution in [3.8, 4) is 0 Å². The zero-order chi connectivity index (χ0) is 14.3. The van der Waals surface area contributed by atoms with E-state index in [1.54, 1.807) is 0 Å². The van der Waals surface area contributed by atoms with Crippen LogP contribution in [0, 0.1) is 5.82 Å². The fourth-order valence-corrected chi connectivity index (χ4v) is 1.88. The number of hydrogen-bond donors (Lipinski definition) is 2. The first-order chi connectivity index (χ1) is 9.15. The highest BCUT2D eigenvalue weighted by Gasteiger charge is 2.05. The molecular weight excluding hydrogens is 337 g/mol. The van der Waals surface area contributed by atoms with Crippen LogP contribution in [0.4, 0.5) is 10.2 Å². The Labute approximate surface area is 123 Å². The molecule has 0 amide bonds. The lowest BCUT2D eigenvalue weighted by Gasteiger charge is -2.06. The lowest BCUT2D eigenvalue weighted by Crippen LogP contribution is -2.04. The van der Waals surface area contributed by atoms with Gasteiger partial charge in [-0.05, 0) is 29.3 Å². The van der Waals surface area contributed by atoms with Gasteiger partial charge < -0.3 is 10.4 Å². The number of anilines is 1. The molecule has 19 heavy (non-hydrogen) atoms. The maximum absolute atomic E-state index is 13.3. The molecule has 0 aliphatic rings. The molecule has 2 aromatic rings. The smallest absolute Gasteiger partial charge is 0.224 e. The third-order valence-electron chi connectivity index (χ3n) is 2.06. The molecule has 1 heterocycles. The summed E-state index contributed by atoms with van der Waals surface area (Å²) in [4.78, 5) is 7.31. The molecule has 0 aliphatic carbocycles. The predicted molar refractivity (Wildman–Crippen MR) is 76.6 cm³/mol. The van der Waals surface area contributed by atoms with E-state index >= 15 is 0 Å². The number of nitrogens with zero attached hydrogens (tertiary/aromatic N) is 2. The first kappa shape index (κ1) is 15.8. The summed E-state index contributed by atoms with van der Waals surface area (Å²) in [7, 11) is 1.00. The first-order valence-electron chi connectivity index (χ1n) is 5.26. The van der Waals surface area contributed by atoms with Gasteiger partial charge in [0.25, 0.3) is 0 Å². The maximum Gasteiger partial charge on any atom is 0.224 e. The van der Waals surface area contributed by atoms with Crippen LogP contribution in [-0.4, -0.2) is 22.2 Å². The van der Waals surface area contributed by atoms with Crippen molar-refractivity contribution in [2.24, 2.45) is 0 Å². The molecule has 0 saturated carbocycles. The van der Waals surface area contributed by atoms with Gasteiger partial charge in [0.15, 0.2) is 11.6 Å². The van der Waals surface area contributed by atoms with E-state index in [-0.39, 0.29) is 11.1 Å². The van der Waals surface area contributed by atoms with Crippen molar-refractivity contribution in [1.82, 2.24) is 9.97 Å². The van der Waals surface area contributed by atoms with Crippen molar-refractivity contribution in [1.29, 1.82) is 0 Å².